The van der Waals surface area contributed by atoms with E-state index in [-0.39, 0.29) is 5.56 Å². The fourth-order valence-corrected chi connectivity index (χ4v) is 2.33. The standard InChI is InChI=1S/C12H9ClF6O2S/c13-8-3-1-7(2-4-8)10(20)21-6-9(5-11(14,15)16)22-12(17,18)19/h1-4,9H,5-6H2. The molecule has 0 aliphatic carbocycles. The number of rotatable bonds is 5. The van der Waals surface area contributed by atoms with Crippen molar-refractivity contribution in [1.82, 2.24) is 0 Å². The lowest BCUT2D eigenvalue weighted by Gasteiger charge is -2.19. The van der Waals surface area contributed by atoms with Crippen LogP contribution >= 0.6 is 23.4 Å². The van der Waals surface area contributed by atoms with Gasteiger partial charge in [0.15, 0.2) is 0 Å². The lowest BCUT2D eigenvalue weighted by Crippen LogP contribution is -2.26. The van der Waals surface area contributed by atoms with Crippen molar-refractivity contribution in [3.63, 3.8) is 0 Å². The molecule has 1 aromatic rings. The molecule has 10 heteroatoms. The van der Waals surface area contributed by atoms with Gasteiger partial charge in [-0.05, 0) is 36.0 Å². The van der Waals surface area contributed by atoms with Crippen molar-refractivity contribution < 1.29 is 35.9 Å². The number of ether oxygens (including phenoxy) is 1. The van der Waals surface area contributed by atoms with Gasteiger partial charge in [0.25, 0.3) is 0 Å². The average Bonchev–Trinajstić information content (AvgIpc) is 2.32. The van der Waals surface area contributed by atoms with E-state index in [9.17, 15) is 31.1 Å². The van der Waals surface area contributed by atoms with Gasteiger partial charge >= 0.3 is 17.7 Å². The molecule has 0 saturated carbocycles. The molecule has 0 bridgehead atoms. The summed E-state index contributed by atoms with van der Waals surface area (Å²) in [6, 6.07) is 5.19. The fourth-order valence-electron chi connectivity index (χ4n) is 1.42. The smallest absolute Gasteiger partial charge is 0.442 e. The Morgan fingerprint density at radius 3 is 2.14 bits per heavy atom. The van der Waals surface area contributed by atoms with Gasteiger partial charge in [-0.25, -0.2) is 4.79 Å². The monoisotopic (exact) mass is 366 g/mol. The number of halogens is 7. The van der Waals surface area contributed by atoms with E-state index in [1.165, 1.54) is 24.3 Å². The quantitative estimate of drug-likeness (QED) is 0.537. The fraction of sp³-hybridized carbons (Fsp3) is 0.417. The summed E-state index contributed by atoms with van der Waals surface area (Å²) in [6.07, 6.45) is -6.51. The summed E-state index contributed by atoms with van der Waals surface area (Å²) in [5.74, 6) is -1.02. The molecule has 1 unspecified atom stereocenters. The molecule has 0 N–H and O–H groups in total. The third-order valence-corrected chi connectivity index (χ3v) is 3.39. The van der Waals surface area contributed by atoms with Crippen LogP contribution in [0.4, 0.5) is 26.3 Å². The van der Waals surface area contributed by atoms with Crippen LogP contribution in [0.5, 0.6) is 0 Å². The van der Waals surface area contributed by atoms with E-state index in [1.54, 1.807) is 0 Å². The lowest BCUT2D eigenvalue weighted by molar-refractivity contribution is -0.136. The van der Waals surface area contributed by atoms with E-state index in [1.807, 2.05) is 0 Å². The zero-order valence-corrected chi connectivity index (χ0v) is 12.2. The number of benzene rings is 1. The minimum absolute atomic E-state index is 0.0211. The SMILES string of the molecule is O=C(OCC(CC(F)(F)F)SC(F)(F)F)c1ccc(Cl)cc1. The van der Waals surface area contributed by atoms with E-state index >= 15 is 0 Å². The first-order chi connectivity index (χ1) is 9.96. The van der Waals surface area contributed by atoms with Crippen LogP contribution in [0.3, 0.4) is 0 Å². The number of thioether (sulfide) groups is 1. The molecule has 0 saturated heterocycles. The second-order valence-corrected chi connectivity index (χ2v) is 5.91. The van der Waals surface area contributed by atoms with Crippen LogP contribution < -0.4 is 0 Å². The second-order valence-electron chi connectivity index (χ2n) is 4.11. The van der Waals surface area contributed by atoms with Gasteiger partial charge in [0.1, 0.15) is 6.61 Å². The number of carbonyl (C=O) groups is 1. The Labute approximate surface area is 130 Å². The molecule has 22 heavy (non-hydrogen) atoms. The molecule has 0 fully saturated rings. The van der Waals surface area contributed by atoms with Crippen LogP contribution in [0.25, 0.3) is 0 Å². The molecule has 0 amide bonds. The maximum Gasteiger partial charge on any atom is 0.442 e. The van der Waals surface area contributed by atoms with Crippen molar-refractivity contribution in [2.75, 3.05) is 6.61 Å². The zero-order chi connectivity index (χ0) is 17.0. The molecule has 0 aliphatic rings. The molecule has 124 valence electrons. The first-order valence-electron chi connectivity index (χ1n) is 5.70. The summed E-state index contributed by atoms with van der Waals surface area (Å²) < 4.78 is 77.9. The average molecular weight is 367 g/mol. The second kappa shape index (κ2) is 7.45. The maximum atomic E-state index is 12.2. The molecule has 2 nitrogen and oxygen atoms in total. The molecule has 0 aliphatic heterocycles. The van der Waals surface area contributed by atoms with E-state index in [2.05, 4.69) is 4.74 Å². The summed E-state index contributed by atoms with van der Waals surface area (Å²) >= 11 is 4.73. The highest BCUT2D eigenvalue weighted by molar-refractivity contribution is 8.00. The van der Waals surface area contributed by atoms with Gasteiger partial charge in [-0.3, -0.25) is 0 Å². The first-order valence-corrected chi connectivity index (χ1v) is 6.96. The van der Waals surface area contributed by atoms with Gasteiger partial charge in [-0.15, -0.1) is 0 Å². The highest BCUT2D eigenvalue weighted by atomic mass is 35.5. The Hall–Kier alpha value is -1.09. The topological polar surface area (TPSA) is 26.3 Å². The van der Waals surface area contributed by atoms with Crippen LogP contribution in [0.15, 0.2) is 24.3 Å². The minimum atomic E-state index is -4.86. The molecule has 0 heterocycles. The molecule has 1 atom stereocenters. The maximum absolute atomic E-state index is 12.2. The number of esters is 1. The highest BCUT2D eigenvalue weighted by Gasteiger charge is 2.40. The number of carbonyl (C=O) groups excluding carboxylic acids is 1. The van der Waals surface area contributed by atoms with E-state index in [0.29, 0.717) is 5.02 Å². The van der Waals surface area contributed by atoms with Crippen molar-refractivity contribution >= 4 is 29.3 Å². The van der Waals surface area contributed by atoms with Gasteiger partial charge in [-0.2, -0.15) is 26.3 Å². The molecule has 1 aromatic carbocycles. The molecular formula is C12H9ClF6O2S. The van der Waals surface area contributed by atoms with Crippen LogP contribution in [-0.4, -0.2) is 29.5 Å². The van der Waals surface area contributed by atoms with Crippen LogP contribution in [0.1, 0.15) is 16.8 Å². The van der Waals surface area contributed by atoms with Crippen molar-refractivity contribution in [3.05, 3.63) is 34.9 Å². The molecule has 0 radical (unpaired) electrons. The van der Waals surface area contributed by atoms with Gasteiger partial charge in [0, 0.05) is 5.02 Å². The van der Waals surface area contributed by atoms with Crippen molar-refractivity contribution in [2.24, 2.45) is 0 Å². The van der Waals surface area contributed by atoms with Crippen molar-refractivity contribution in [1.29, 1.82) is 0 Å². The Balaban J connectivity index is 2.65. The summed E-state index contributed by atoms with van der Waals surface area (Å²) in [6.45, 7) is -1.01. The van der Waals surface area contributed by atoms with Crippen molar-refractivity contribution in [2.45, 2.75) is 23.4 Å². The Morgan fingerprint density at radius 2 is 1.68 bits per heavy atom. The minimum Gasteiger partial charge on any atom is -0.461 e. The summed E-state index contributed by atoms with van der Waals surface area (Å²) in [4.78, 5) is 11.6. The van der Waals surface area contributed by atoms with Crippen LogP contribution in [-0.2, 0) is 4.74 Å². The largest absolute Gasteiger partial charge is 0.461 e. The van der Waals surface area contributed by atoms with Gasteiger partial charge < -0.3 is 4.74 Å². The normalized spacial score (nSPS) is 13.8. The Morgan fingerprint density at radius 1 is 1.14 bits per heavy atom. The first kappa shape index (κ1) is 19.0. The molecule has 0 spiro atoms. The van der Waals surface area contributed by atoms with E-state index in [4.69, 9.17) is 11.6 Å². The van der Waals surface area contributed by atoms with Gasteiger partial charge in [-0.1, -0.05) is 11.6 Å². The lowest BCUT2D eigenvalue weighted by atomic mass is 10.2. The predicted octanol–water partition coefficient (Wildman–Crippen LogP) is 5.07. The Bertz CT molecular complexity index is 484. The molecule has 1 rings (SSSR count). The van der Waals surface area contributed by atoms with Crippen molar-refractivity contribution in [3.8, 4) is 0 Å². The number of hydrogen-bond donors (Lipinski definition) is 0. The van der Waals surface area contributed by atoms with Gasteiger partial charge in [0.05, 0.1) is 17.2 Å². The Kier molecular flexibility index (Phi) is 6.42. The summed E-state index contributed by atoms with van der Waals surface area (Å²) in [5.41, 5.74) is -4.88. The zero-order valence-electron chi connectivity index (χ0n) is 10.7. The summed E-state index contributed by atoms with van der Waals surface area (Å²) in [7, 11) is 0. The van der Waals surface area contributed by atoms with E-state index in [0.717, 1.165) is 0 Å². The van der Waals surface area contributed by atoms with Gasteiger partial charge in [0.2, 0.25) is 0 Å². The number of alkyl halides is 6. The van der Waals surface area contributed by atoms with Crippen LogP contribution in [0, 0.1) is 0 Å². The van der Waals surface area contributed by atoms with E-state index < -0.39 is 47.7 Å². The van der Waals surface area contributed by atoms with Crippen LogP contribution in [0.2, 0.25) is 5.02 Å². The number of hydrogen-bond acceptors (Lipinski definition) is 3. The third-order valence-electron chi connectivity index (χ3n) is 2.24. The highest BCUT2D eigenvalue weighted by Crippen LogP contribution is 2.38. The third kappa shape index (κ3) is 7.79. The summed E-state index contributed by atoms with van der Waals surface area (Å²) in [5, 5.41) is -1.64. The molecular weight excluding hydrogens is 358 g/mol. The molecule has 0 aromatic heterocycles. The predicted molar refractivity (Wildman–Crippen MR) is 69.8 cm³/mol.